The number of likely N-dealkylation sites (N-methyl/N-ethyl adjacent to an activating group) is 1. The minimum atomic E-state index is -1.57. The monoisotopic (exact) mass is 1240 g/mol. The number of fused-ring (bicyclic) bond motifs is 2. The molecule has 7 atom stereocenters. The van der Waals surface area contributed by atoms with Crippen molar-refractivity contribution in [2.24, 2.45) is 5.92 Å². The van der Waals surface area contributed by atoms with Crippen LogP contribution in [0.5, 0.6) is 0 Å². The number of para-hydroxylation sites is 1. The van der Waals surface area contributed by atoms with Gasteiger partial charge in [0.25, 0.3) is 5.91 Å². The molecule has 8 amide bonds. The number of carbonyl (C=O) groups is 8. The predicted molar refractivity (Wildman–Crippen MR) is 322 cm³/mol. The van der Waals surface area contributed by atoms with Crippen LogP contribution in [0, 0.1) is 23.4 Å². The first kappa shape index (κ1) is 65.3. The maximum atomic E-state index is 15.2. The van der Waals surface area contributed by atoms with Gasteiger partial charge < -0.3 is 55.3 Å². The molecule has 4 aromatic rings. The summed E-state index contributed by atoms with van der Waals surface area (Å²) in [6.07, 6.45) is -0.779. The lowest BCUT2D eigenvalue weighted by atomic mass is 9.83. The highest BCUT2D eigenvalue weighted by Gasteiger charge is 2.49. The van der Waals surface area contributed by atoms with Gasteiger partial charge in [0.2, 0.25) is 29.5 Å². The Morgan fingerprint density at radius 3 is 2.20 bits per heavy atom. The lowest BCUT2D eigenvalue weighted by molar-refractivity contribution is -0.144. The molecule has 9 rings (SSSR count). The van der Waals surface area contributed by atoms with Crippen LogP contribution in [0.25, 0.3) is 0 Å². The standard InChI is InChI=1S/C64H79F3N10O12/c1-37-30-74(46(33-75(37)61(84)85)32-73-22-25-88-35-38(73)2)34-53(79)77-36-64(7,48-19-14-41(27-51(48)77)26-40-12-16-44(65)17-13-40)60(83)68-29-52(78)69-45-18-15-43-31-76(56(47(43)28-45)58(81)71-55-49(66)10-9-11-50(55)67)59(82)54(42-20-23-87-24-21-42)70-57(80)39(3)72(8)62(86)89-63(4,5)6/h9-19,27-28,37-39,42,46,54,56H,20-26,29-36H2,1-8H3,(H,68,83)(H,69,78)(H,70,80)(H,71,81)(H,84,85)/t37?,38-,39+,46?,54+,56+,64+/m1/s1. The minimum Gasteiger partial charge on any atom is -0.465 e. The zero-order chi connectivity index (χ0) is 64.2. The fourth-order valence-corrected chi connectivity index (χ4v) is 12.3. The smallest absolute Gasteiger partial charge is 0.410 e. The number of nitrogens with zero attached hydrogens (tertiary/aromatic N) is 6. The molecule has 5 aliphatic heterocycles. The van der Waals surface area contributed by atoms with Crippen molar-refractivity contribution in [3.8, 4) is 0 Å². The summed E-state index contributed by atoms with van der Waals surface area (Å²) >= 11 is 0. The van der Waals surface area contributed by atoms with Crippen LogP contribution in [-0.2, 0) is 61.4 Å². The number of amides is 8. The molecule has 5 heterocycles. The molecule has 0 saturated carbocycles. The number of piperazine rings is 1. The highest BCUT2D eigenvalue weighted by atomic mass is 19.1. The molecule has 0 spiro atoms. The zero-order valence-electron chi connectivity index (χ0n) is 51.4. The Labute approximate surface area is 515 Å². The van der Waals surface area contributed by atoms with Gasteiger partial charge in [-0.05, 0) is 144 Å². The fourth-order valence-electron chi connectivity index (χ4n) is 12.3. The summed E-state index contributed by atoms with van der Waals surface area (Å²) in [5.41, 5.74) is 0.258. The Morgan fingerprint density at radius 1 is 0.831 bits per heavy atom. The third-order valence-corrected chi connectivity index (χ3v) is 17.5. The molecule has 0 aromatic heterocycles. The van der Waals surface area contributed by atoms with Gasteiger partial charge in [0, 0.05) is 89.0 Å². The van der Waals surface area contributed by atoms with Crippen molar-refractivity contribution in [1.82, 2.24) is 35.1 Å². The van der Waals surface area contributed by atoms with E-state index in [9.17, 15) is 43.1 Å². The summed E-state index contributed by atoms with van der Waals surface area (Å²) in [7, 11) is 1.38. The van der Waals surface area contributed by atoms with E-state index in [4.69, 9.17) is 14.2 Å². The minimum absolute atomic E-state index is 0.0664. The molecule has 0 aliphatic carbocycles. The molecule has 89 heavy (non-hydrogen) atoms. The number of hydrogen-bond donors (Lipinski definition) is 5. The highest BCUT2D eigenvalue weighted by Crippen LogP contribution is 2.43. The molecular formula is C64H79F3N10O12. The Balaban J connectivity index is 0.944. The molecule has 5 N–H and O–H groups in total. The number of anilines is 3. The lowest BCUT2D eigenvalue weighted by Crippen LogP contribution is -2.64. The van der Waals surface area contributed by atoms with Gasteiger partial charge in [-0.25, -0.2) is 22.8 Å². The van der Waals surface area contributed by atoms with Crippen LogP contribution in [0.1, 0.15) is 95.2 Å². The van der Waals surface area contributed by atoms with E-state index in [0.29, 0.717) is 62.4 Å². The van der Waals surface area contributed by atoms with Crippen molar-refractivity contribution in [3.05, 3.63) is 124 Å². The molecule has 3 fully saturated rings. The quantitative estimate of drug-likeness (QED) is 0.0812. The van der Waals surface area contributed by atoms with Gasteiger partial charge in [0.1, 0.15) is 46.9 Å². The van der Waals surface area contributed by atoms with Crippen molar-refractivity contribution < 1.29 is 70.8 Å². The van der Waals surface area contributed by atoms with Crippen LogP contribution >= 0.6 is 0 Å². The average Bonchev–Trinajstić information content (AvgIpc) is 1.66. The molecule has 478 valence electrons. The van der Waals surface area contributed by atoms with Crippen LogP contribution in [0.3, 0.4) is 0 Å². The van der Waals surface area contributed by atoms with E-state index in [2.05, 4.69) is 26.2 Å². The molecule has 22 nitrogen and oxygen atoms in total. The van der Waals surface area contributed by atoms with E-state index in [1.54, 1.807) is 63.8 Å². The van der Waals surface area contributed by atoms with E-state index >= 15 is 13.6 Å². The lowest BCUT2D eigenvalue weighted by Gasteiger charge is -2.47. The number of nitrogens with one attached hydrogen (secondary N) is 4. The summed E-state index contributed by atoms with van der Waals surface area (Å²) in [5.74, 6) is -7.10. The topological polar surface area (TPSA) is 252 Å². The second-order valence-corrected chi connectivity index (χ2v) is 25.1. The molecule has 25 heteroatoms. The largest absolute Gasteiger partial charge is 0.465 e. The second kappa shape index (κ2) is 27.3. The Bertz CT molecular complexity index is 3330. The summed E-state index contributed by atoms with van der Waals surface area (Å²) in [6, 6.07) is 14.4. The first-order valence-electron chi connectivity index (χ1n) is 30.0. The zero-order valence-corrected chi connectivity index (χ0v) is 51.4. The summed E-state index contributed by atoms with van der Waals surface area (Å²) in [4.78, 5) is 122. The van der Waals surface area contributed by atoms with Crippen molar-refractivity contribution >= 4 is 64.7 Å². The van der Waals surface area contributed by atoms with E-state index in [0.717, 1.165) is 34.2 Å². The Morgan fingerprint density at radius 2 is 1.53 bits per heavy atom. The van der Waals surface area contributed by atoms with Crippen LogP contribution in [0.15, 0.2) is 78.9 Å². The molecule has 4 aromatic carbocycles. The van der Waals surface area contributed by atoms with Crippen LogP contribution in [-0.4, -0.2) is 192 Å². The number of carboxylic acid groups (broad SMARTS) is 1. The van der Waals surface area contributed by atoms with Crippen LogP contribution in [0.2, 0.25) is 0 Å². The van der Waals surface area contributed by atoms with Crippen molar-refractivity contribution in [3.63, 3.8) is 0 Å². The maximum absolute atomic E-state index is 15.2. The van der Waals surface area contributed by atoms with Gasteiger partial charge in [0.15, 0.2) is 0 Å². The van der Waals surface area contributed by atoms with E-state index in [1.165, 1.54) is 48.0 Å². The highest BCUT2D eigenvalue weighted by molar-refractivity contribution is 6.05. The van der Waals surface area contributed by atoms with Gasteiger partial charge in [-0.15, -0.1) is 0 Å². The van der Waals surface area contributed by atoms with Crippen LogP contribution < -0.4 is 26.2 Å². The molecule has 0 radical (unpaired) electrons. The van der Waals surface area contributed by atoms with Crippen molar-refractivity contribution in [2.45, 2.75) is 122 Å². The van der Waals surface area contributed by atoms with Crippen molar-refractivity contribution in [2.75, 3.05) is 94.8 Å². The predicted octanol–water partition coefficient (Wildman–Crippen LogP) is 6.02. The van der Waals surface area contributed by atoms with Crippen LogP contribution in [0.4, 0.5) is 39.8 Å². The van der Waals surface area contributed by atoms with E-state index in [1.807, 2.05) is 24.0 Å². The third-order valence-electron chi connectivity index (χ3n) is 17.5. The second-order valence-electron chi connectivity index (χ2n) is 25.1. The number of halogens is 3. The molecular weight excluding hydrogens is 1160 g/mol. The van der Waals surface area contributed by atoms with Gasteiger partial charge in [-0.1, -0.05) is 36.4 Å². The number of hydrogen-bond acceptors (Lipinski definition) is 13. The summed E-state index contributed by atoms with van der Waals surface area (Å²) in [5, 5.41) is 20.8. The van der Waals surface area contributed by atoms with Gasteiger partial charge >= 0.3 is 12.2 Å². The first-order valence-corrected chi connectivity index (χ1v) is 30.0. The maximum Gasteiger partial charge on any atom is 0.410 e. The number of ether oxygens (including phenoxy) is 3. The average molecular weight is 1240 g/mol. The SMILES string of the molecule is CC1CN(CC(=O)N2C[C@](C)(C(=O)NCC(=O)Nc3ccc4c(c3)[C@@H](C(=O)Nc3c(F)cccc3F)N(C(=O)[C@@H](NC(=O)[C@H](C)N(C)C(=O)OC(C)(C)C)C3CCOCC3)C4)c3ccc(Cc4ccc(F)cc4)cc32)C(CN2CCOC[C@H]2C)CN1C(=O)O. The Kier molecular flexibility index (Phi) is 20.0. The fraction of sp³-hybridized carbons (Fsp3) is 0.500. The number of carbonyl (C=O) groups excluding carboxylic acids is 7. The molecule has 3 saturated heterocycles. The summed E-state index contributed by atoms with van der Waals surface area (Å²) < 4.78 is 61.1. The number of rotatable bonds is 17. The van der Waals surface area contributed by atoms with Crippen molar-refractivity contribution in [1.29, 1.82) is 0 Å². The van der Waals surface area contributed by atoms with E-state index < -0.39 is 113 Å². The first-order chi connectivity index (χ1) is 42.2. The van der Waals surface area contributed by atoms with E-state index in [-0.39, 0.29) is 75.2 Å². The van der Waals surface area contributed by atoms with Gasteiger partial charge in [0.05, 0.1) is 31.7 Å². The summed E-state index contributed by atoms with van der Waals surface area (Å²) in [6.45, 7) is 14.1. The van der Waals surface area contributed by atoms with Gasteiger partial charge in [-0.3, -0.25) is 43.5 Å². The third kappa shape index (κ3) is 15.0. The number of benzene rings is 4. The molecule has 2 unspecified atom stereocenters. The molecule has 5 aliphatic rings. The Hall–Kier alpha value is -8.13. The normalized spacial score (nSPS) is 22.1. The molecule has 0 bridgehead atoms. The number of morpholine rings is 1. The van der Waals surface area contributed by atoms with Gasteiger partial charge in [-0.2, -0.15) is 0 Å².